The summed E-state index contributed by atoms with van der Waals surface area (Å²) in [6, 6.07) is 0.0603. The summed E-state index contributed by atoms with van der Waals surface area (Å²) in [6.07, 6.45) is 3.94. The Hall–Kier alpha value is -0.220. The van der Waals surface area contributed by atoms with Crippen LogP contribution in [0.15, 0.2) is 0 Å². The van der Waals surface area contributed by atoms with E-state index in [1.165, 1.54) is 19.3 Å². The second-order valence-electron chi connectivity index (χ2n) is 3.81. The van der Waals surface area contributed by atoms with E-state index >= 15 is 0 Å². The lowest BCUT2D eigenvalue weighted by molar-refractivity contribution is -0.122. The first-order valence-electron chi connectivity index (χ1n) is 4.95. The van der Waals surface area contributed by atoms with Crippen LogP contribution in [0.3, 0.4) is 0 Å². The molecule has 0 aromatic rings. The zero-order valence-corrected chi connectivity index (χ0v) is 8.53. The number of hydrogen-bond donors (Lipinski definition) is 2. The molecule has 0 bridgehead atoms. The Kier molecular flexibility index (Phi) is 3.11. The Morgan fingerprint density at radius 2 is 2.38 bits per heavy atom. The maximum absolute atomic E-state index is 11.5. The van der Waals surface area contributed by atoms with Gasteiger partial charge in [-0.2, -0.15) is 0 Å². The Labute approximate surface area is 83.0 Å². The average molecular weight is 200 g/mol. The van der Waals surface area contributed by atoms with Crippen LogP contribution in [-0.4, -0.2) is 30.1 Å². The molecule has 13 heavy (non-hydrogen) atoms. The van der Waals surface area contributed by atoms with Gasteiger partial charge in [-0.25, -0.2) is 0 Å². The van der Waals surface area contributed by atoms with Crippen LogP contribution in [0.2, 0.25) is 0 Å². The van der Waals surface area contributed by atoms with Crippen LogP contribution in [-0.2, 0) is 4.79 Å². The molecule has 0 spiro atoms. The van der Waals surface area contributed by atoms with E-state index in [1.54, 1.807) is 11.8 Å². The van der Waals surface area contributed by atoms with E-state index in [0.717, 1.165) is 24.1 Å². The van der Waals surface area contributed by atoms with Crippen LogP contribution in [0.5, 0.6) is 0 Å². The third-order valence-corrected chi connectivity index (χ3v) is 3.76. The fourth-order valence-electron chi connectivity index (χ4n) is 1.63. The van der Waals surface area contributed by atoms with Crippen molar-refractivity contribution in [2.75, 3.05) is 18.2 Å². The van der Waals surface area contributed by atoms with Crippen LogP contribution < -0.4 is 10.6 Å². The average Bonchev–Trinajstić information content (AvgIpc) is 2.52. The summed E-state index contributed by atoms with van der Waals surface area (Å²) in [7, 11) is 0. The van der Waals surface area contributed by atoms with Gasteiger partial charge in [0.1, 0.15) is 0 Å². The van der Waals surface area contributed by atoms with E-state index in [1.807, 2.05) is 0 Å². The summed E-state index contributed by atoms with van der Waals surface area (Å²) in [5.41, 5.74) is 0. The van der Waals surface area contributed by atoms with Crippen molar-refractivity contribution >= 4 is 17.7 Å². The first-order valence-corrected chi connectivity index (χ1v) is 6.10. The first-order chi connectivity index (χ1) is 6.36. The highest BCUT2D eigenvalue weighted by Crippen LogP contribution is 2.25. The molecular formula is C9H16N2OS. The van der Waals surface area contributed by atoms with Crippen molar-refractivity contribution in [2.45, 2.75) is 25.3 Å². The van der Waals surface area contributed by atoms with Gasteiger partial charge in [-0.15, -0.1) is 11.8 Å². The maximum Gasteiger partial charge on any atom is 0.238 e. The molecular weight excluding hydrogens is 184 g/mol. The fraction of sp³-hybridized carbons (Fsp3) is 0.889. The summed E-state index contributed by atoms with van der Waals surface area (Å²) in [4.78, 5) is 11.5. The number of carbonyl (C=O) groups excluding carboxylic acids is 1. The summed E-state index contributed by atoms with van der Waals surface area (Å²) >= 11 is 1.79. The van der Waals surface area contributed by atoms with Crippen molar-refractivity contribution in [3.05, 3.63) is 0 Å². The highest BCUT2D eigenvalue weighted by Gasteiger charge is 2.24. The zero-order valence-electron chi connectivity index (χ0n) is 7.71. The van der Waals surface area contributed by atoms with Gasteiger partial charge in [0.05, 0.1) is 6.04 Å². The Bertz CT molecular complexity index is 188. The number of hydrogen-bond acceptors (Lipinski definition) is 3. The van der Waals surface area contributed by atoms with E-state index in [9.17, 15) is 4.79 Å². The fourth-order valence-corrected chi connectivity index (χ4v) is 2.57. The monoisotopic (exact) mass is 200 g/mol. The van der Waals surface area contributed by atoms with E-state index in [2.05, 4.69) is 10.6 Å². The van der Waals surface area contributed by atoms with Crippen LogP contribution in [0.4, 0.5) is 0 Å². The van der Waals surface area contributed by atoms with Crippen molar-refractivity contribution < 1.29 is 4.79 Å². The molecule has 0 aromatic carbocycles. The largest absolute Gasteiger partial charge is 0.354 e. The van der Waals surface area contributed by atoms with Gasteiger partial charge >= 0.3 is 0 Å². The van der Waals surface area contributed by atoms with Gasteiger partial charge in [-0.05, 0) is 18.8 Å². The molecule has 74 valence electrons. The minimum atomic E-state index is 0.0603. The topological polar surface area (TPSA) is 41.1 Å². The molecule has 1 amide bonds. The van der Waals surface area contributed by atoms with Crippen molar-refractivity contribution in [2.24, 2.45) is 5.92 Å². The van der Waals surface area contributed by atoms with Gasteiger partial charge in [-0.1, -0.05) is 6.42 Å². The maximum atomic E-state index is 11.5. The van der Waals surface area contributed by atoms with Crippen LogP contribution >= 0.6 is 11.8 Å². The first kappa shape index (κ1) is 9.34. The number of carbonyl (C=O) groups is 1. The number of nitrogens with one attached hydrogen (secondary N) is 2. The molecule has 2 fully saturated rings. The van der Waals surface area contributed by atoms with Gasteiger partial charge in [0.25, 0.3) is 0 Å². The minimum Gasteiger partial charge on any atom is -0.354 e. The predicted octanol–water partition coefficient (Wildman–Crippen LogP) is 0.565. The molecule has 1 saturated carbocycles. The summed E-state index contributed by atoms with van der Waals surface area (Å²) in [6.45, 7) is 0.891. The van der Waals surface area contributed by atoms with E-state index in [-0.39, 0.29) is 11.9 Å². The molecule has 0 unspecified atom stereocenters. The third kappa shape index (κ3) is 2.38. The van der Waals surface area contributed by atoms with Gasteiger partial charge in [0, 0.05) is 18.2 Å². The lowest BCUT2D eigenvalue weighted by Gasteiger charge is -2.25. The second kappa shape index (κ2) is 4.33. The summed E-state index contributed by atoms with van der Waals surface area (Å²) < 4.78 is 0. The van der Waals surface area contributed by atoms with Crippen LogP contribution in [0.25, 0.3) is 0 Å². The predicted molar refractivity (Wildman–Crippen MR) is 54.6 cm³/mol. The summed E-state index contributed by atoms with van der Waals surface area (Å²) in [5, 5.41) is 6.18. The van der Waals surface area contributed by atoms with Gasteiger partial charge in [-0.3, -0.25) is 10.1 Å². The van der Waals surface area contributed by atoms with Gasteiger partial charge in [0.15, 0.2) is 0 Å². The molecule has 4 heteroatoms. The van der Waals surface area contributed by atoms with Crippen molar-refractivity contribution in [3.8, 4) is 0 Å². The molecule has 0 aromatic heterocycles. The minimum absolute atomic E-state index is 0.0603. The summed E-state index contributed by atoms with van der Waals surface area (Å²) in [5.74, 6) is 2.80. The van der Waals surface area contributed by atoms with E-state index in [4.69, 9.17) is 0 Å². The van der Waals surface area contributed by atoms with Crippen LogP contribution in [0, 0.1) is 5.92 Å². The van der Waals surface area contributed by atoms with E-state index < -0.39 is 0 Å². The van der Waals surface area contributed by atoms with Crippen LogP contribution in [0.1, 0.15) is 19.3 Å². The number of rotatable bonds is 3. The quantitative estimate of drug-likeness (QED) is 0.699. The third-order valence-electron chi connectivity index (χ3n) is 2.82. The van der Waals surface area contributed by atoms with Crippen molar-refractivity contribution in [1.29, 1.82) is 0 Å². The van der Waals surface area contributed by atoms with Gasteiger partial charge < -0.3 is 5.32 Å². The molecule has 1 aliphatic carbocycles. The smallest absolute Gasteiger partial charge is 0.238 e. The molecule has 1 heterocycles. The SMILES string of the molecule is O=C(NCC1CCC1)[C@H]1CSCN1. The molecule has 1 aliphatic heterocycles. The zero-order chi connectivity index (χ0) is 9.10. The normalized spacial score (nSPS) is 28.5. The number of thioether (sulfide) groups is 1. The Morgan fingerprint density at radius 3 is 2.92 bits per heavy atom. The van der Waals surface area contributed by atoms with E-state index in [0.29, 0.717) is 0 Å². The molecule has 2 N–H and O–H groups in total. The van der Waals surface area contributed by atoms with Crippen molar-refractivity contribution in [1.82, 2.24) is 10.6 Å². The molecule has 3 nitrogen and oxygen atoms in total. The Morgan fingerprint density at radius 1 is 1.54 bits per heavy atom. The lowest BCUT2D eigenvalue weighted by atomic mass is 9.85. The Balaban J connectivity index is 1.65. The standard InChI is InChI=1S/C9H16N2OS/c12-9(8-5-13-6-11-8)10-4-7-2-1-3-7/h7-8,11H,1-6H2,(H,10,12)/t8-/m1/s1. The second-order valence-corrected chi connectivity index (χ2v) is 4.84. The highest BCUT2D eigenvalue weighted by atomic mass is 32.2. The molecule has 0 radical (unpaired) electrons. The molecule has 1 saturated heterocycles. The van der Waals surface area contributed by atoms with Gasteiger partial charge in [0.2, 0.25) is 5.91 Å². The number of amides is 1. The molecule has 1 atom stereocenters. The molecule has 2 aliphatic rings. The lowest BCUT2D eigenvalue weighted by Crippen LogP contribution is -2.44. The van der Waals surface area contributed by atoms with Crippen molar-refractivity contribution in [3.63, 3.8) is 0 Å². The highest BCUT2D eigenvalue weighted by molar-refractivity contribution is 7.99. The molecule has 2 rings (SSSR count).